The molecule has 26 heteroatoms. The van der Waals surface area contributed by atoms with Crippen molar-refractivity contribution in [2.45, 2.75) is 105 Å². The van der Waals surface area contributed by atoms with Gasteiger partial charge in [0.1, 0.15) is 0 Å². The Balaban J connectivity index is -0.000000487. The Labute approximate surface area is 400 Å². The van der Waals surface area contributed by atoms with E-state index < -0.39 is 122 Å². The summed E-state index contributed by atoms with van der Waals surface area (Å²) in [4.78, 5) is 60.0. The number of carboxylic acid groups (broad SMARTS) is 5. The molecule has 0 bridgehead atoms. The summed E-state index contributed by atoms with van der Waals surface area (Å²) in [6.07, 6.45) is -11.9. The van der Waals surface area contributed by atoms with Crippen molar-refractivity contribution in [1.29, 1.82) is 0 Å². The Morgan fingerprint density at radius 3 is 0.678 bits per heavy atom. The Kier molecular flexibility index (Phi) is 34.5. The van der Waals surface area contributed by atoms with Crippen LogP contribution in [0.5, 0.6) is 0 Å². The van der Waals surface area contributed by atoms with Crippen LogP contribution >= 0.6 is 0 Å². The molecule has 2 aliphatic carbocycles. The minimum atomic E-state index is -1.74. The summed E-state index contributed by atoms with van der Waals surface area (Å²) >= 11 is 0. The van der Waals surface area contributed by atoms with Crippen LogP contribution in [0.4, 0.5) is 0 Å². The summed E-state index contributed by atoms with van der Waals surface area (Å²) in [5, 5.41) is 133. The van der Waals surface area contributed by atoms with Crippen LogP contribution in [0, 0.1) is 0 Å². The second kappa shape index (κ2) is 31.3. The molecule has 0 saturated heterocycles. The van der Waals surface area contributed by atoms with Gasteiger partial charge in [0.2, 0.25) is 0 Å². The zero-order valence-electron chi connectivity index (χ0n) is 33.7. The minimum Gasteiger partial charge on any atom is -0.870 e. The minimum absolute atomic E-state index is 0. The van der Waals surface area contributed by atoms with Crippen molar-refractivity contribution in [3.05, 3.63) is 0 Å². The van der Waals surface area contributed by atoms with Gasteiger partial charge in [-0.05, 0) is 111 Å². The zero-order chi connectivity index (χ0) is 42.5. The topological polar surface area (TPSA) is 397 Å². The van der Waals surface area contributed by atoms with Crippen molar-refractivity contribution in [3.63, 3.8) is 0 Å². The van der Waals surface area contributed by atoms with Crippen LogP contribution in [-0.4, -0.2) is 208 Å². The number of likely N-dealkylation sites (N-methyl/N-ethyl adjacent to an activating group) is 6. The number of nitrogens with zero attached hydrogens (tertiary/aromatic N) is 5. The fraction of sp³-hybridized carbons (Fsp3) is 0.848. The Hall–Kier alpha value is -0.560. The fourth-order valence-electron chi connectivity index (χ4n) is 7.27. The Morgan fingerprint density at radius 2 is 0.542 bits per heavy atom. The predicted molar refractivity (Wildman–Crippen MR) is 168 cm³/mol. The van der Waals surface area contributed by atoms with E-state index in [1.165, 1.54) is 66.8 Å². The van der Waals surface area contributed by atoms with Gasteiger partial charge in [-0.1, -0.05) is 36.6 Å². The number of carboxylic acids is 5. The molecule has 0 amide bonds. The van der Waals surface area contributed by atoms with E-state index in [-0.39, 0.29) is 129 Å². The van der Waals surface area contributed by atoms with Gasteiger partial charge in [-0.25, -0.2) is 0 Å². The van der Waals surface area contributed by atoms with Gasteiger partial charge in [-0.3, -0.25) is 0 Å². The van der Waals surface area contributed by atoms with E-state index in [1.54, 1.807) is 0 Å². The first-order chi connectivity index (χ1) is 25.5. The molecule has 2 saturated carbocycles. The average Bonchev–Trinajstić information content (AvgIpc) is 3.07. The maximum Gasteiger partial charge on any atom is 4.00 e. The van der Waals surface area contributed by atoms with Crippen LogP contribution in [-0.2, 0) is 102 Å². The number of nitrogens with one attached hydrogen (secondary N) is 1. The normalized spacial score (nSPS) is 29.0. The number of rotatable bonds is 21. The smallest absolute Gasteiger partial charge is 0.870 e. The van der Waals surface area contributed by atoms with Gasteiger partial charge >= 0.3 is 77.5 Å². The van der Waals surface area contributed by atoms with Crippen molar-refractivity contribution in [1.82, 2.24) is 29.8 Å². The zero-order valence-corrected chi connectivity index (χ0v) is 44.5. The molecule has 2 unspecified atom stereocenters. The van der Waals surface area contributed by atoms with Gasteiger partial charge < -0.3 is 115 Å². The number of carbonyl (C=O) groups is 5. The molecule has 0 radical (unpaired) electrons. The van der Waals surface area contributed by atoms with E-state index in [0.29, 0.717) is 0 Å². The molecular formula is C33H52Hf3N6O17. The molecule has 2 fully saturated rings. The summed E-state index contributed by atoms with van der Waals surface area (Å²) in [7, 11) is 8.54. The molecule has 0 aromatic rings. The van der Waals surface area contributed by atoms with Crippen LogP contribution in [0.3, 0.4) is 0 Å². The molecule has 0 spiro atoms. The third-order valence-corrected chi connectivity index (χ3v) is 10.3. The standard InChI is InChI=1S/C18H30N3O9.C15H26N3O7.3Hf.H2O/c1-19(7-4-10(22)23)13-16(28)14(20(2)8-5-11(24)25)18(30)15(17(13)29)21(3)9-6-12(26)27;1-16-10-13(23)11(17(2)6-4-8(19)20)15(25)12(14(10)24)18(3)7-5-9(21)22;;;;/h13-18H,4-9H2,1-3H3,(H,22,23)(H,24,25)(H,26,27);10-16H,4-7H2,1-3H3,(H,19,20)(H,21,22);;;;1H2/q2*-3;3*+4;/p-6/t;10?,11-,12+,13-,14+,15?;;;;. The second-order valence-electron chi connectivity index (χ2n) is 14.1. The third-order valence-electron chi connectivity index (χ3n) is 10.3. The van der Waals surface area contributed by atoms with Gasteiger partial charge in [0.05, 0.1) is 0 Å². The molecule has 2 rings (SSSR count). The molecule has 0 aromatic heterocycles. The number of hydrogen-bond acceptors (Lipinski definition) is 23. The molecule has 328 valence electrons. The maximum absolute atomic E-state index is 13.1. The summed E-state index contributed by atoms with van der Waals surface area (Å²) in [6, 6.07) is -7.10. The molecule has 0 aliphatic heterocycles. The van der Waals surface area contributed by atoms with E-state index in [2.05, 4.69) is 5.32 Å². The molecule has 2 aliphatic rings. The van der Waals surface area contributed by atoms with E-state index >= 15 is 0 Å². The van der Waals surface area contributed by atoms with Crippen molar-refractivity contribution in [2.75, 3.05) is 75.0 Å². The SMILES string of the molecule is CN(CCC(=O)[O-])C1C([O-])C(N(C)CCC(=O)[O-])C([O-])C(N(C)CCC(=O)[O-])C1[O-].CNC1[C@@H]([O-])[C@@H](N(C)CCC(=O)[O-])C([O-])[C@@H](N(C)CCC(=O)[O-])[C@H]1[O-].[Hf+4].[Hf+4].[Hf+4].[OH-]. The number of aliphatic carboxylic acids is 5. The Bertz CT molecular complexity index is 1140. The molecule has 0 heterocycles. The summed E-state index contributed by atoms with van der Waals surface area (Å²) < 4.78 is 0. The van der Waals surface area contributed by atoms with Crippen LogP contribution in [0.15, 0.2) is 0 Å². The summed E-state index contributed by atoms with van der Waals surface area (Å²) in [5.74, 6) is -6.71. The molecule has 23 nitrogen and oxygen atoms in total. The van der Waals surface area contributed by atoms with Crippen LogP contribution < -0.4 is 61.5 Å². The average molecular weight is 1340 g/mol. The summed E-state index contributed by atoms with van der Waals surface area (Å²) in [5.41, 5.74) is 0. The van der Waals surface area contributed by atoms with Crippen LogP contribution in [0.25, 0.3) is 0 Å². The first kappa shape index (κ1) is 65.1. The van der Waals surface area contributed by atoms with Gasteiger partial charge in [0, 0.05) is 62.6 Å². The molecule has 0 aromatic carbocycles. The van der Waals surface area contributed by atoms with E-state index in [0.717, 1.165) is 0 Å². The van der Waals surface area contributed by atoms with E-state index in [1.807, 2.05) is 0 Å². The van der Waals surface area contributed by atoms with Crippen molar-refractivity contribution in [2.24, 2.45) is 0 Å². The Morgan fingerprint density at radius 1 is 0.390 bits per heavy atom. The number of hydrogen-bond donors (Lipinski definition) is 1. The van der Waals surface area contributed by atoms with Crippen LogP contribution in [0.1, 0.15) is 32.1 Å². The van der Waals surface area contributed by atoms with E-state index in [4.69, 9.17) is 0 Å². The van der Waals surface area contributed by atoms with Crippen molar-refractivity contribution < 1.29 is 163 Å². The van der Waals surface area contributed by atoms with Crippen molar-refractivity contribution >= 4 is 29.8 Å². The molecule has 59 heavy (non-hydrogen) atoms. The third kappa shape index (κ3) is 19.8. The quantitative estimate of drug-likeness (QED) is 0.104. The van der Waals surface area contributed by atoms with Gasteiger partial charge in [-0.2, -0.15) is 0 Å². The number of carbonyl (C=O) groups excluding carboxylic acids is 5. The van der Waals surface area contributed by atoms with E-state index in [9.17, 15) is 80.1 Å². The maximum atomic E-state index is 13.1. The largest absolute Gasteiger partial charge is 4.00 e. The molecule has 6 atom stereocenters. The van der Waals surface area contributed by atoms with Crippen molar-refractivity contribution in [3.8, 4) is 0 Å². The predicted octanol–water partition coefficient (Wildman–Crippen LogP) is -16.0. The van der Waals surface area contributed by atoms with Gasteiger partial charge in [0.15, 0.2) is 0 Å². The van der Waals surface area contributed by atoms with Gasteiger partial charge in [-0.15, -0.1) is 0 Å². The fourth-order valence-corrected chi connectivity index (χ4v) is 7.27. The monoisotopic (exact) mass is 1340 g/mol. The molecular weight excluding hydrogens is 1290 g/mol. The first-order valence-electron chi connectivity index (χ1n) is 17.6. The van der Waals surface area contributed by atoms with Gasteiger partial charge in [0.25, 0.3) is 0 Å². The molecule has 2 N–H and O–H groups in total. The first-order valence-corrected chi connectivity index (χ1v) is 17.6. The van der Waals surface area contributed by atoms with Crippen LogP contribution in [0.2, 0.25) is 0 Å². The summed E-state index contributed by atoms with van der Waals surface area (Å²) in [6.45, 7) is -0.573. The second-order valence-corrected chi connectivity index (χ2v) is 14.1.